The monoisotopic (exact) mass is 243 g/mol. The van der Waals surface area contributed by atoms with Gasteiger partial charge in [0.2, 0.25) is 0 Å². The van der Waals surface area contributed by atoms with Crippen LogP contribution < -0.4 is 0 Å². The minimum absolute atomic E-state index is 0.213. The van der Waals surface area contributed by atoms with Crippen LogP contribution in [0.5, 0.6) is 0 Å². The molecule has 0 atom stereocenters. The minimum Gasteiger partial charge on any atom is -0.340 e. The second-order valence-corrected chi connectivity index (χ2v) is 4.42. The average Bonchev–Trinajstić information content (AvgIpc) is 2.89. The van der Waals surface area contributed by atoms with E-state index in [1.165, 1.54) is 4.90 Å². The Labute approximate surface area is 105 Å². The Kier molecular flexibility index (Phi) is 2.40. The Morgan fingerprint density at radius 3 is 2.28 bits per heavy atom. The maximum absolute atomic E-state index is 12.1. The van der Waals surface area contributed by atoms with Gasteiger partial charge in [-0.1, -0.05) is 12.1 Å². The third-order valence-corrected chi connectivity index (χ3v) is 3.36. The van der Waals surface area contributed by atoms with Crippen molar-refractivity contribution in [2.75, 3.05) is 19.8 Å². The molecule has 18 heavy (non-hydrogen) atoms. The van der Waals surface area contributed by atoms with Crippen LogP contribution in [0.25, 0.3) is 0 Å². The van der Waals surface area contributed by atoms with Gasteiger partial charge in [-0.05, 0) is 19.1 Å². The van der Waals surface area contributed by atoms with Gasteiger partial charge in [-0.3, -0.25) is 19.5 Å². The molecular formula is C13H13N3O2. The number of rotatable bonds is 2. The van der Waals surface area contributed by atoms with Crippen molar-refractivity contribution >= 4 is 17.6 Å². The summed E-state index contributed by atoms with van der Waals surface area (Å²) in [5.41, 5.74) is 0.993. The number of hydrogen-bond acceptors (Lipinski definition) is 4. The van der Waals surface area contributed by atoms with E-state index in [-0.39, 0.29) is 11.8 Å². The van der Waals surface area contributed by atoms with Crippen LogP contribution in [0.4, 0.5) is 0 Å². The number of amidine groups is 1. The first-order valence-electron chi connectivity index (χ1n) is 5.89. The molecule has 0 N–H and O–H groups in total. The molecular weight excluding hydrogens is 230 g/mol. The summed E-state index contributed by atoms with van der Waals surface area (Å²) in [4.78, 5) is 31.8. The highest BCUT2D eigenvalue weighted by atomic mass is 16.2. The summed E-state index contributed by atoms with van der Waals surface area (Å²) >= 11 is 0. The first-order valence-corrected chi connectivity index (χ1v) is 5.89. The summed E-state index contributed by atoms with van der Waals surface area (Å²) in [6.45, 7) is 3.68. The van der Waals surface area contributed by atoms with Crippen LogP contribution in [-0.2, 0) is 0 Å². The molecule has 5 nitrogen and oxygen atoms in total. The summed E-state index contributed by atoms with van der Waals surface area (Å²) in [6.07, 6.45) is 0. The molecule has 2 amide bonds. The van der Waals surface area contributed by atoms with E-state index in [9.17, 15) is 9.59 Å². The van der Waals surface area contributed by atoms with Gasteiger partial charge in [-0.2, -0.15) is 0 Å². The van der Waals surface area contributed by atoms with E-state index < -0.39 is 0 Å². The Balaban J connectivity index is 1.86. The van der Waals surface area contributed by atoms with Crippen LogP contribution in [0.3, 0.4) is 0 Å². The second kappa shape index (κ2) is 3.94. The van der Waals surface area contributed by atoms with Gasteiger partial charge in [0.05, 0.1) is 23.5 Å². The number of imide groups is 1. The number of carbonyl (C=O) groups is 2. The van der Waals surface area contributed by atoms with E-state index in [0.717, 1.165) is 18.9 Å². The van der Waals surface area contributed by atoms with Gasteiger partial charge in [0.15, 0.2) is 0 Å². The summed E-state index contributed by atoms with van der Waals surface area (Å²) in [5, 5.41) is 0. The predicted molar refractivity (Wildman–Crippen MR) is 66.5 cm³/mol. The third-order valence-electron chi connectivity index (χ3n) is 3.36. The highest BCUT2D eigenvalue weighted by Crippen LogP contribution is 2.22. The third kappa shape index (κ3) is 1.51. The molecule has 92 valence electrons. The molecule has 0 aliphatic carbocycles. The zero-order chi connectivity index (χ0) is 12.7. The maximum Gasteiger partial charge on any atom is 0.263 e. The molecule has 0 unspecified atom stereocenters. The molecule has 0 radical (unpaired) electrons. The number of fused-ring (bicyclic) bond motifs is 1. The average molecular weight is 243 g/mol. The highest BCUT2D eigenvalue weighted by Gasteiger charge is 2.36. The van der Waals surface area contributed by atoms with Crippen LogP contribution in [0.15, 0.2) is 29.3 Å². The quantitative estimate of drug-likeness (QED) is 0.727. The predicted octanol–water partition coefficient (Wildman–Crippen LogP) is 0.974. The van der Waals surface area contributed by atoms with Gasteiger partial charge >= 0.3 is 0 Å². The lowest BCUT2D eigenvalue weighted by Crippen LogP contribution is -2.42. The molecule has 2 heterocycles. The number of nitrogens with zero attached hydrogens (tertiary/aromatic N) is 3. The van der Waals surface area contributed by atoms with Crippen LogP contribution in [0, 0.1) is 0 Å². The molecule has 0 bridgehead atoms. The van der Waals surface area contributed by atoms with Gasteiger partial charge in [-0.15, -0.1) is 0 Å². The molecule has 0 fully saturated rings. The van der Waals surface area contributed by atoms with Crippen LogP contribution in [-0.4, -0.2) is 47.2 Å². The number of aliphatic imine (C=N–C) groups is 1. The highest BCUT2D eigenvalue weighted by molar-refractivity contribution is 6.21. The van der Waals surface area contributed by atoms with Crippen LogP contribution >= 0.6 is 0 Å². The summed E-state index contributed by atoms with van der Waals surface area (Å²) in [5.74, 6) is 0.456. The fourth-order valence-electron chi connectivity index (χ4n) is 2.31. The standard InChI is InChI=1S/C13H13N3O2/c1-9-14-6-7-15(9)8-16-12(17)10-4-2-3-5-11(10)13(16)18/h2-5H,6-8H2,1H3. The van der Waals surface area contributed by atoms with Crippen molar-refractivity contribution in [1.29, 1.82) is 0 Å². The molecule has 0 aromatic heterocycles. The summed E-state index contributed by atoms with van der Waals surface area (Å²) in [6, 6.07) is 6.94. The molecule has 5 heteroatoms. The van der Waals surface area contributed by atoms with Crippen molar-refractivity contribution in [3.63, 3.8) is 0 Å². The van der Waals surface area contributed by atoms with Gasteiger partial charge in [0, 0.05) is 6.54 Å². The van der Waals surface area contributed by atoms with Gasteiger partial charge in [0.25, 0.3) is 11.8 Å². The van der Waals surface area contributed by atoms with Crippen molar-refractivity contribution in [3.05, 3.63) is 35.4 Å². The normalized spacial score (nSPS) is 18.4. The first-order chi connectivity index (χ1) is 8.68. The van der Waals surface area contributed by atoms with E-state index in [0.29, 0.717) is 17.8 Å². The molecule has 0 saturated carbocycles. The Bertz CT molecular complexity index is 530. The first kappa shape index (κ1) is 11.0. The SMILES string of the molecule is CC1=NCCN1CN1C(=O)c2ccccc2C1=O. The van der Waals surface area contributed by atoms with E-state index >= 15 is 0 Å². The maximum atomic E-state index is 12.1. The minimum atomic E-state index is -0.213. The Hall–Kier alpha value is -2.17. The topological polar surface area (TPSA) is 53.0 Å². The molecule has 2 aliphatic heterocycles. The number of amides is 2. The van der Waals surface area contributed by atoms with Crippen molar-refractivity contribution in [3.8, 4) is 0 Å². The molecule has 1 aromatic rings. The summed E-state index contributed by atoms with van der Waals surface area (Å²) < 4.78 is 0. The summed E-state index contributed by atoms with van der Waals surface area (Å²) in [7, 11) is 0. The van der Waals surface area contributed by atoms with Crippen molar-refractivity contribution in [2.24, 2.45) is 4.99 Å². The van der Waals surface area contributed by atoms with E-state index in [2.05, 4.69) is 4.99 Å². The Morgan fingerprint density at radius 2 is 1.78 bits per heavy atom. The number of carbonyl (C=O) groups excluding carboxylic acids is 2. The lowest BCUT2D eigenvalue weighted by molar-refractivity contribution is 0.0600. The fraction of sp³-hybridized carbons (Fsp3) is 0.308. The zero-order valence-electron chi connectivity index (χ0n) is 10.1. The fourth-order valence-corrected chi connectivity index (χ4v) is 2.31. The number of hydrogen-bond donors (Lipinski definition) is 0. The van der Waals surface area contributed by atoms with Crippen molar-refractivity contribution in [1.82, 2.24) is 9.80 Å². The number of benzene rings is 1. The van der Waals surface area contributed by atoms with Crippen LogP contribution in [0.1, 0.15) is 27.6 Å². The van der Waals surface area contributed by atoms with Gasteiger partial charge in [-0.25, -0.2) is 0 Å². The molecule has 3 rings (SSSR count). The zero-order valence-corrected chi connectivity index (χ0v) is 10.1. The van der Waals surface area contributed by atoms with Gasteiger partial charge < -0.3 is 4.90 Å². The van der Waals surface area contributed by atoms with E-state index in [1.807, 2.05) is 11.8 Å². The molecule has 0 spiro atoms. The van der Waals surface area contributed by atoms with Crippen LogP contribution in [0.2, 0.25) is 0 Å². The van der Waals surface area contributed by atoms with E-state index in [1.54, 1.807) is 24.3 Å². The molecule has 2 aliphatic rings. The lowest BCUT2D eigenvalue weighted by Gasteiger charge is -2.23. The molecule has 1 aromatic carbocycles. The van der Waals surface area contributed by atoms with E-state index in [4.69, 9.17) is 0 Å². The van der Waals surface area contributed by atoms with Crippen molar-refractivity contribution in [2.45, 2.75) is 6.92 Å². The largest absolute Gasteiger partial charge is 0.340 e. The smallest absolute Gasteiger partial charge is 0.263 e. The lowest BCUT2D eigenvalue weighted by atomic mass is 10.1. The van der Waals surface area contributed by atoms with Gasteiger partial charge in [0.1, 0.15) is 6.67 Å². The Morgan fingerprint density at radius 1 is 1.17 bits per heavy atom. The second-order valence-electron chi connectivity index (χ2n) is 4.42. The molecule has 0 saturated heterocycles. The van der Waals surface area contributed by atoms with Crippen molar-refractivity contribution < 1.29 is 9.59 Å².